The zero-order valence-corrected chi connectivity index (χ0v) is 13.4. The fourth-order valence-corrected chi connectivity index (χ4v) is 2.65. The molecular weight excluding hydrogens is 306 g/mol. The highest BCUT2D eigenvalue weighted by Crippen LogP contribution is 2.32. The number of carbonyl (C=O) groups is 2. The first kappa shape index (κ1) is 15.8. The largest absolute Gasteiger partial charge is 0.502 e. The monoisotopic (exact) mass is 323 g/mol. The molecule has 0 bridgehead atoms. The first-order valence-electron chi connectivity index (χ1n) is 7.62. The summed E-state index contributed by atoms with van der Waals surface area (Å²) < 4.78 is 5.08. The molecule has 0 spiro atoms. The van der Waals surface area contributed by atoms with Crippen LogP contribution in [0.5, 0.6) is 5.75 Å². The van der Waals surface area contributed by atoms with Gasteiger partial charge in [-0.3, -0.25) is 9.59 Å². The number of aryl methyl sites for hydroxylation is 1. The number of benzene rings is 2. The minimum absolute atomic E-state index is 0.00206. The van der Waals surface area contributed by atoms with Gasteiger partial charge in [-0.25, -0.2) is 4.90 Å². The number of aliphatic hydroxyl groups excluding tert-OH is 1. The lowest BCUT2D eigenvalue weighted by Gasteiger charge is -2.15. The summed E-state index contributed by atoms with van der Waals surface area (Å²) in [6, 6.07) is 13.8. The van der Waals surface area contributed by atoms with Crippen LogP contribution in [0.3, 0.4) is 0 Å². The van der Waals surface area contributed by atoms with E-state index in [0.29, 0.717) is 17.0 Å². The average Bonchev–Trinajstić information content (AvgIpc) is 2.84. The number of methoxy groups -OCH3 is 1. The van der Waals surface area contributed by atoms with Gasteiger partial charge in [0.2, 0.25) is 0 Å². The van der Waals surface area contributed by atoms with Crippen LogP contribution in [0.15, 0.2) is 54.3 Å². The Bertz CT molecular complexity index is 819. The number of hydrogen-bond acceptors (Lipinski definition) is 4. The van der Waals surface area contributed by atoms with Gasteiger partial charge >= 0.3 is 5.91 Å². The number of carbonyl (C=O) groups excluding carboxylic acids is 2. The molecule has 5 nitrogen and oxygen atoms in total. The molecule has 0 aliphatic carbocycles. The normalized spacial score (nSPS) is 14.5. The van der Waals surface area contributed by atoms with Crippen LogP contribution >= 0.6 is 0 Å². The van der Waals surface area contributed by atoms with E-state index >= 15 is 0 Å². The fourth-order valence-electron chi connectivity index (χ4n) is 2.65. The Labute approximate surface area is 139 Å². The molecule has 0 fully saturated rings. The second-order valence-electron chi connectivity index (χ2n) is 5.42. The van der Waals surface area contributed by atoms with Gasteiger partial charge in [0.15, 0.2) is 5.76 Å². The van der Waals surface area contributed by atoms with Crippen LogP contribution in [0, 0.1) is 0 Å². The summed E-state index contributed by atoms with van der Waals surface area (Å²) in [5, 5.41) is 10.2. The molecule has 0 saturated heterocycles. The van der Waals surface area contributed by atoms with Crippen molar-refractivity contribution in [2.45, 2.75) is 13.3 Å². The molecule has 0 aromatic heterocycles. The first-order chi connectivity index (χ1) is 11.6. The van der Waals surface area contributed by atoms with E-state index in [9.17, 15) is 14.7 Å². The molecule has 1 N–H and O–H groups in total. The van der Waals surface area contributed by atoms with Crippen molar-refractivity contribution in [3.8, 4) is 5.75 Å². The summed E-state index contributed by atoms with van der Waals surface area (Å²) in [4.78, 5) is 26.0. The van der Waals surface area contributed by atoms with E-state index in [1.54, 1.807) is 36.4 Å². The molecule has 2 amide bonds. The number of aliphatic hydroxyl groups is 1. The maximum Gasteiger partial charge on any atom is 0.301 e. The summed E-state index contributed by atoms with van der Waals surface area (Å²) in [5.41, 5.74) is 2.02. The molecule has 2 aromatic rings. The Balaban J connectivity index is 1.97. The average molecular weight is 323 g/mol. The van der Waals surface area contributed by atoms with E-state index in [0.717, 1.165) is 16.9 Å². The number of anilines is 1. The van der Waals surface area contributed by atoms with Crippen molar-refractivity contribution in [2.24, 2.45) is 0 Å². The summed E-state index contributed by atoms with van der Waals surface area (Å²) in [6.45, 7) is 2.02. The minimum atomic E-state index is -0.713. The zero-order valence-electron chi connectivity index (χ0n) is 13.4. The highest BCUT2D eigenvalue weighted by Gasteiger charge is 2.40. The Morgan fingerprint density at radius 1 is 0.958 bits per heavy atom. The molecule has 2 aromatic carbocycles. The van der Waals surface area contributed by atoms with E-state index in [1.807, 2.05) is 19.1 Å². The van der Waals surface area contributed by atoms with Crippen LogP contribution in [0.2, 0.25) is 0 Å². The van der Waals surface area contributed by atoms with E-state index in [1.165, 1.54) is 7.11 Å². The summed E-state index contributed by atoms with van der Waals surface area (Å²) in [6.07, 6.45) is 0.864. The lowest BCUT2D eigenvalue weighted by Crippen LogP contribution is -2.31. The standard InChI is InChI=1S/C19H17NO4/c1-3-12-4-8-14(9-5-12)20-18(22)16(17(21)19(20)23)13-6-10-15(24-2)11-7-13/h4-11,21H,3H2,1-2H3. The van der Waals surface area contributed by atoms with Gasteiger partial charge in [0, 0.05) is 0 Å². The third-order valence-electron chi connectivity index (χ3n) is 4.04. The molecule has 0 unspecified atom stereocenters. The quantitative estimate of drug-likeness (QED) is 0.878. The van der Waals surface area contributed by atoms with Crippen molar-refractivity contribution in [3.63, 3.8) is 0 Å². The first-order valence-corrected chi connectivity index (χ1v) is 7.62. The predicted octanol–water partition coefficient (Wildman–Crippen LogP) is 3.10. The van der Waals surface area contributed by atoms with Gasteiger partial charge in [-0.15, -0.1) is 0 Å². The number of ether oxygens (including phenoxy) is 1. The smallest absolute Gasteiger partial charge is 0.301 e. The topological polar surface area (TPSA) is 66.8 Å². The van der Waals surface area contributed by atoms with Gasteiger partial charge in [0.05, 0.1) is 18.4 Å². The third kappa shape index (κ3) is 2.54. The van der Waals surface area contributed by atoms with E-state index in [-0.39, 0.29) is 5.57 Å². The van der Waals surface area contributed by atoms with Gasteiger partial charge in [0.1, 0.15) is 5.75 Å². The highest BCUT2D eigenvalue weighted by molar-refractivity contribution is 6.44. The van der Waals surface area contributed by atoms with E-state index < -0.39 is 17.6 Å². The molecule has 0 atom stereocenters. The zero-order chi connectivity index (χ0) is 17.3. The molecule has 0 radical (unpaired) electrons. The van der Waals surface area contributed by atoms with E-state index in [2.05, 4.69) is 0 Å². The second-order valence-corrected chi connectivity index (χ2v) is 5.42. The Kier molecular flexibility index (Phi) is 4.08. The van der Waals surface area contributed by atoms with Gasteiger partial charge in [-0.1, -0.05) is 31.2 Å². The van der Waals surface area contributed by atoms with Crippen LogP contribution in [0.25, 0.3) is 5.57 Å². The molecule has 1 heterocycles. The minimum Gasteiger partial charge on any atom is -0.502 e. The number of amides is 2. The van der Waals surface area contributed by atoms with Gasteiger partial charge in [-0.2, -0.15) is 0 Å². The molecule has 1 aliphatic rings. The Morgan fingerprint density at radius 2 is 1.58 bits per heavy atom. The van der Waals surface area contributed by atoms with Crippen LogP contribution in [-0.4, -0.2) is 24.0 Å². The van der Waals surface area contributed by atoms with Crippen molar-refractivity contribution in [3.05, 3.63) is 65.4 Å². The van der Waals surface area contributed by atoms with E-state index in [4.69, 9.17) is 4.74 Å². The second kappa shape index (κ2) is 6.20. The van der Waals surface area contributed by atoms with Crippen molar-refractivity contribution >= 4 is 23.1 Å². The molecule has 5 heteroatoms. The fraction of sp³-hybridized carbons (Fsp3) is 0.158. The lowest BCUT2D eigenvalue weighted by atomic mass is 10.1. The van der Waals surface area contributed by atoms with Crippen molar-refractivity contribution < 1.29 is 19.4 Å². The Hall–Kier alpha value is -3.08. The number of hydrogen-bond donors (Lipinski definition) is 1. The predicted molar refractivity (Wildman–Crippen MR) is 90.9 cm³/mol. The van der Waals surface area contributed by atoms with Gasteiger partial charge < -0.3 is 9.84 Å². The molecule has 1 aliphatic heterocycles. The SMILES string of the molecule is CCc1ccc(N2C(=O)C(O)=C(c3ccc(OC)cc3)C2=O)cc1. The summed E-state index contributed by atoms with van der Waals surface area (Å²) in [7, 11) is 1.54. The van der Waals surface area contributed by atoms with Gasteiger partial charge in [0.25, 0.3) is 5.91 Å². The molecule has 24 heavy (non-hydrogen) atoms. The number of imide groups is 1. The van der Waals surface area contributed by atoms with Crippen LogP contribution < -0.4 is 9.64 Å². The molecule has 122 valence electrons. The van der Waals surface area contributed by atoms with Crippen LogP contribution in [0.4, 0.5) is 5.69 Å². The maximum absolute atomic E-state index is 12.7. The summed E-state index contributed by atoms with van der Waals surface area (Å²) in [5.74, 6) is -1.16. The molecular formula is C19H17NO4. The maximum atomic E-state index is 12.7. The van der Waals surface area contributed by atoms with Gasteiger partial charge in [-0.05, 0) is 41.8 Å². The molecule has 3 rings (SSSR count). The van der Waals surface area contributed by atoms with Crippen molar-refractivity contribution in [2.75, 3.05) is 12.0 Å². The van der Waals surface area contributed by atoms with Crippen LogP contribution in [-0.2, 0) is 16.0 Å². The third-order valence-corrected chi connectivity index (χ3v) is 4.04. The Morgan fingerprint density at radius 3 is 2.12 bits per heavy atom. The number of nitrogens with zero attached hydrogens (tertiary/aromatic N) is 1. The number of rotatable bonds is 4. The molecule has 0 saturated carbocycles. The van der Waals surface area contributed by atoms with Crippen LogP contribution in [0.1, 0.15) is 18.1 Å². The lowest BCUT2D eigenvalue weighted by molar-refractivity contribution is -0.121. The van der Waals surface area contributed by atoms with Crippen molar-refractivity contribution in [1.29, 1.82) is 0 Å². The highest BCUT2D eigenvalue weighted by atomic mass is 16.5. The summed E-state index contributed by atoms with van der Waals surface area (Å²) >= 11 is 0. The van der Waals surface area contributed by atoms with Crippen molar-refractivity contribution in [1.82, 2.24) is 0 Å².